The number of aryl methyl sites for hydroxylation is 1. The Morgan fingerprint density at radius 3 is 2.43 bits per heavy atom. The van der Waals surface area contributed by atoms with Crippen LogP contribution in [0.25, 0.3) is 0 Å². The van der Waals surface area contributed by atoms with Gasteiger partial charge in [0, 0.05) is 6.54 Å². The van der Waals surface area contributed by atoms with Crippen LogP contribution in [0.1, 0.15) is 24.0 Å². The van der Waals surface area contributed by atoms with Gasteiger partial charge in [-0.1, -0.05) is 0 Å². The van der Waals surface area contributed by atoms with Gasteiger partial charge in [0.2, 0.25) is 5.91 Å². The summed E-state index contributed by atoms with van der Waals surface area (Å²) in [5, 5.41) is 10.2. The number of carbonyl (C=O) groups is 1. The average Bonchev–Trinajstić information content (AvgIpc) is 2.94. The number of nitrogens with zero attached hydrogens (tertiary/aromatic N) is 4. The summed E-state index contributed by atoms with van der Waals surface area (Å²) in [5.74, 6) is -0.476. The van der Waals surface area contributed by atoms with Gasteiger partial charge in [-0.25, -0.2) is 0 Å². The second-order valence-electron chi connectivity index (χ2n) is 4.91. The number of hydrogen-bond acceptors (Lipinski definition) is 3. The van der Waals surface area contributed by atoms with Crippen LogP contribution in [0.5, 0.6) is 0 Å². The number of aromatic nitrogens is 4. The van der Waals surface area contributed by atoms with Gasteiger partial charge >= 0.3 is 6.18 Å². The molecular formula is C13H15BrF3N5O. The summed E-state index contributed by atoms with van der Waals surface area (Å²) in [6.07, 6.45) is -3.08. The van der Waals surface area contributed by atoms with Crippen molar-refractivity contribution in [3.8, 4) is 0 Å². The van der Waals surface area contributed by atoms with E-state index in [1.54, 1.807) is 11.6 Å². The Labute approximate surface area is 138 Å². The van der Waals surface area contributed by atoms with Gasteiger partial charge in [0.05, 0.1) is 27.7 Å². The van der Waals surface area contributed by atoms with Gasteiger partial charge in [-0.15, -0.1) is 0 Å². The number of halogens is 4. The average molecular weight is 394 g/mol. The first-order valence-corrected chi connectivity index (χ1v) is 7.56. The molecule has 0 bridgehead atoms. The van der Waals surface area contributed by atoms with Gasteiger partial charge in [0.15, 0.2) is 5.69 Å². The molecule has 0 aliphatic rings. The molecule has 0 aliphatic carbocycles. The Morgan fingerprint density at radius 2 is 1.96 bits per heavy atom. The van der Waals surface area contributed by atoms with E-state index in [0.29, 0.717) is 12.2 Å². The van der Waals surface area contributed by atoms with Crippen LogP contribution in [0.4, 0.5) is 18.9 Å². The minimum Gasteiger partial charge on any atom is -0.322 e. The number of hydrogen-bond donors (Lipinski definition) is 1. The molecule has 10 heteroatoms. The summed E-state index contributed by atoms with van der Waals surface area (Å²) in [7, 11) is 0. The lowest BCUT2D eigenvalue weighted by molar-refractivity contribution is -0.142. The van der Waals surface area contributed by atoms with E-state index in [0.717, 1.165) is 10.4 Å². The zero-order valence-electron chi connectivity index (χ0n) is 12.7. The molecule has 2 aromatic rings. The number of nitrogens with one attached hydrogen (secondary N) is 1. The van der Waals surface area contributed by atoms with Gasteiger partial charge < -0.3 is 5.32 Å². The first-order chi connectivity index (χ1) is 10.6. The van der Waals surface area contributed by atoms with Crippen molar-refractivity contribution in [2.45, 2.75) is 40.0 Å². The highest BCUT2D eigenvalue weighted by Crippen LogP contribution is 2.35. The van der Waals surface area contributed by atoms with Crippen LogP contribution in [-0.4, -0.2) is 25.5 Å². The Morgan fingerprint density at radius 1 is 1.30 bits per heavy atom. The lowest BCUT2D eigenvalue weighted by Gasteiger charge is -2.07. The van der Waals surface area contributed by atoms with E-state index in [1.807, 2.05) is 6.92 Å². The highest BCUT2D eigenvalue weighted by atomic mass is 79.9. The predicted molar refractivity (Wildman–Crippen MR) is 80.9 cm³/mol. The molecular weight excluding hydrogens is 379 g/mol. The first kappa shape index (κ1) is 17.5. The first-order valence-electron chi connectivity index (χ1n) is 6.77. The monoisotopic (exact) mass is 393 g/mol. The van der Waals surface area contributed by atoms with E-state index >= 15 is 0 Å². The van der Waals surface area contributed by atoms with Crippen molar-refractivity contribution in [2.24, 2.45) is 0 Å². The second-order valence-corrected chi connectivity index (χ2v) is 5.70. The normalized spacial score (nSPS) is 11.8. The fourth-order valence-corrected chi connectivity index (χ4v) is 2.58. The van der Waals surface area contributed by atoms with Crippen LogP contribution in [0, 0.1) is 13.8 Å². The highest BCUT2D eigenvalue weighted by molar-refractivity contribution is 9.10. The molecule has 0 saturated carbocycles. The SMILES string of the molecule is CCn1ncc(NC(=O)Cn2nc(C(F)(F)F)c(Br)c2C)c1C. The maximum atomic E-state index is 12.8. The number of rotatable bonds is 4. The molecule has 2 aromatic heterocycles. The molecule has 23 heavy (non-hydrogen) atoms. The molecule has 6 nitrogen and oxygen atoms in total. The van der Waals surface area contributed by atoms with E-state index < -0.39 is 17.8 Å². The Kier molecular flexibility index (Phi) is 4.83. The van der Waals surface area contributed by atoms with Gasteiger partial charge in [0.25, 0.3) is 0 Å². The molecule has 0 saturated heterocycles. The summed E-state index contributed by atoms with van der Waals surface area (Å²) >= 11 is 2.87. The minimum absolute atomic E-state index is 0.159. The fourth-order valence-electron chi connectivity index (χ4n) is 2.07. The van der Waals surface area contributed by atoms with E-state index in [2.05, 4.69) is 31.4 Å². The van der Waals surface area contributed by atoms with Crippen molar-refractivity contribution in [3.63, 3.8) is 0 Å². The summed E-state index contributed by atoms with van der Waals surface area (Å²) in [4.78, 5) is 12.0. The van der Waals surface area contributed by atoms with E-state index in [4.69, 9.17) is 0 Å². The highest BCUT2D eigenvalue weighted by Gasteiger charge is 2.38. The molecule has 126 valence electrons. The van der Waals surface area contributed by atoms with Crippen molar-refractivity contribution in [1.82, 2.24) is 19.6 Å². The summed E-state index contributed by atoms with van der Waals surface area (Å²) in [6, 6.07) is 0. The number of amides is 1. The van der Waals surface area contributed by atoms with Crippen molar-refractivity contribution in [3.05, 3.63) is 27.8 Å². The molecule has 0 radical (unpaired) electrons. The number of carbonyl (C=O) groups excluding carboxylic acids is 1. The van der Waals surface area contributed by atoms with Crippen LogP contribution in [0.3, 0.4) is 0 Å². The van der Waals surface area contributed by atoms with Gasteiger partial charge in [0.1, 0.15) is 6.54 Å². The van der Waals surface area contributed by atoms with Crippen molar-refractivity contribution < 1.29 is 18.0 Å². The maximum absolute atomic E-state index is 12.8. The molecule has 1 amide bonds. The smallest absolute Gasteiger partial charge is 0.322 e. The zero-order valence-corrected chi connectivity index (χ0v) is 14.3. The Bertz CT molecular complexity index is 735. The molecule has 2 heterocycles. The van der Waals surface area contributed by atoms with Crippen LogP contribution in [-0.2, 0) is 24.1 Å². The third-order valence-electron chi connectivity index (χ3n) is 3.37. The van der Waals surface area contributed by atoms with Crippen molar-refractivity contribution in [2.75, 3.05) is 5.32 Å². The van der Waals surface area contributed by atoms with Crippen LogP contribution < -0.4 is 5.32 Å². The fraction of sp³-hybridized carbons (Fsp3) is 0.462. The van der Waals surface area contributed by atoms with Gasteiger partial charge in [-0.2, -0.15) is 23.4 Å². The van der Waals surface area contributed by atoms with E-state index in [-0.39, 0.29) is 16.7 Å². The number of anilines is 1. The van der Waals surface area contributed by atoms with Gasteiger partial charge in [-0.05, 0) is 36.7 Å². The van der Waals surface area contributed by atoms with E-state index in [1.165, 1.54) is 13.1 Å². The van der Waals surface area contributed by atoms with Crippen LogP contribution in [0.2, 0.25) is 0 Å². The molecule has 2 rings (SSSR count). The Balaban J connectivity index is 2.16. The number of alkyl halides is 3. The summed E-state index contributed by atoms with van der Waals surface area (Å²) < 4.78 is 41.0. The molecule has 0 spiro atoms. The lowest BCUT2D eigenvalue weighted by Crippen LogP contribution is -2.21. The minimum atomic E-state index is -4.58. The molecule has 1 N–H and O–H groups in total. The molecule has 0 aliphatic heterocycles. The Hall–Kier alpha value is -1.84. The topological polar surface area (TPSA) is 64.7 Å². The lowest BCUT2D eigenvalue weighted by atomic mass is 10.3. The molecule has 0 fully saturated rings. The third kappa shape index (κ3) is 3.57. The zero-order chi connectivity index (χ0) is 17.4. The van der Waals surface area contributed by atoms with E-state index in [9.17, 15) is 18.0 Å². The molecule has 0 unspecified atom stereocenters. The van der Waals surface area contributed by atoms with Gasteiger partial charge in [-0.3, -0.25) is 14.2 Å². The van der Waals surface area contributed by atoms with Crippen molar-refractivity contribution in [1.29, 1.82) is 0 Å². The quantitative estimate of drug-likeness (QED) is 0.867. The largest absolute Gasteiger partial charge is 0.436 e. The maximum Gasteiger partial charge on any atom is 0.436 e. The summed E-state index contributed by atoms with van der Waals surface area (Å²) in [6.45, 7) is 5.50. The second kappa shape index (κ2) is 6.34. The van der Waals surface area contributed by atoms with Crippen LogP contribution in [0.15, 0.2) is 10.7 Å². The standard InChI is InChI=1S/C13H15BrF3N5O/c1-4-21-7(2)9(5-18-21)19-10(23)6-22-8(3)11(14)12(20-22)13(15,16)17/h5H,4,6H2,1-3H3,(H,19,23). The summed E-state index contributed by atoms with van der Waals surface area (Å²) in [5.41, 5.74) is 0.484. The predicted octanol–water partition coefficient (Wildman–Crippen LogP) is 3.14. The molecule has 0 aromatic carbocycles. The van der Waals surface area contributed by atoms with Crippen LogP contribution >= 0.6 is 15.9 Å². The van der Waals surface area contributed by atoms with Crippen molar-refractivity contribution >= 4 is 27.5 Å². The third-order valence-corrected chi connectivity index (χ3v) is 4.32. The molecule has 0 atom stereocenters.